The summed E-state index contributed by atoms with van der Waals surface area (Å²) in [6, 6.07) is -3.87. The van der Waals surface area contributed by atoms with Gasteiger partial charge < -0.3 is 26.2 Å². The smallest absolute Gasteiger partial charge is 0.289 e. The molecule has 2 heterocycles. The molecule has 1 aliphatic heterocycles. The molecular weight excluding hydrogens is 602 g/mol. The van der Waals surface area contributed by atoms with Crippen LogP contribution < -0.4 is 21.3 Å². The second-order valence-electron chi connectivity index (χ2n) is 15.4. The summed E-state index contributed by atoms with van der Waals surface area (Å²) in [6.07, 6.45) is 9.24. The number of fused-ring (bicyclic) bond motifs is 1. The molecular formula is C34H51N7O6. The van der Waals surface area contributed by atoms with Gasteiger partial charge in [0, 0.05) is 25.0 Å². The van der Waals surface area contributed by atoms with E-state index in [2.05, 4.69) is 31.2 Å². The van der Waals surface area contributed by atoms with Crippen molar-refractivity contribution >= 4 is 35.3 Å². The maximum Gasteiger partial charge on any atom is 0.289 e. The van der Waals surface area contributed by atoms with Gasteiger partial charge in [0.1, 0.15) is 23.8 Å². The van der Waals surface area contributed by atoms with Crippen molar-refractivity contribution in [1.82, 2.24) is 36.1 Å². The Morgan fingerprint density at radius 3 is 2.15 bits per heavy atom. The van der Waals surface area contributed by atoms with Crippen molar-refractivity contribution in [3.05, 3.63) is 24.3 Å². The Hall–Kier alpha value is -3.90. The molecule has 1 aromatic rings. The number of hydrogen-bond acceptors (Lipinski definition) is 8. The number of nitrogens with one attached hydrogen (secondary N) is 4. The average molecular weight is 654 g/mol. The van der Waals surface area contributed by atoms with Gasteiger partial charge in [-0.25, -0.2) is 4.98 Å². The summed E-state index contributed by atoms with van der Waals surface area (Å²) in [6.45, 7) is 13.2. The summed E-state index contributed by atoms with van der Waals surface area (Å²) in [4.78, 5) is 90.5. The van der Waals surface area contributed by atoms with E-state index in [0.717, 1.165) is 32.1 Å². The van der Waals surface area contributed by atoms with Crippen molar-refractivity contribution in [1.29, 1.82) is 0 Å². The summed E-state index contributed by atoms with van der Waals surface area (Å²) in [5.41, 5.74) is -1.43. The van der Waals surface area contributed by atoms with Crippen LogP contribution in [0.4, 0.5) is 0 Å². The molecule has 0 radical (unpaired) electrons. The van der Waals surface area contributed by atoms with Crippen molar-refractivity contribution in [3.63, 3.8) is 0 Å². The van der Waals surface area contributed by atoms with Gasteiger partial charge in [-0.1, -0.05) is 61.3 Å². The Balaban J connectivity index is 1.55. The van der Waals surface area contributed by atoms with Crippen LogP contribution >= 0.6 is 0 Å². The summed E-state index contributed by atoms with van der Waals surface area (Å²) in [5, 5.41) is 11.2. The van der Waals surface area contributed by atoms with Crippen molar-refractivity contribution < 1.29 is 28.8 Å². The van der Waals surface area contributed by atoms with Crippen LogP contribution in [-0.4, -0.2) is 86.9 Å². The molecule has 0 unspecified atom stereocenters. The maximum atomic E-state index is 14.5. The predicted molar refractivity (Wildman–Crippen MR) is 173 cm³/mol. The molecule has 1 aromatic heterocycles. The normalized spacial score (nSPS) is 22.8. The molecule has 258 valence electrons. The first-order valence-electron chi connectivity index (χ1n) is 16.9. The highest BCUT2D eigenvalue weighted by Gasteiger charge is 2.52. The van der Waals surface area contributed by atoms with Gasteiger partial charge in [-0.3, -0.25) is 33.8 Å². The first kappa shape index (κ1) is 35.9. The molecule has 4 rings (SSSR count). The molecule has 6 atom stereocenters. The molecule has 0 aromatic carbocycles. The third-order valence-electron chi connectivity index (χ3n) is 9.39. The number of carbonyl (C=O) groups is 6. The average Bonchev–Trinajstić information content (AvgIpc) is 3.57. The van der Waals surface area contributed by atoms with Crippen molar-refractivity contribution in [3.8, 4) is 0 Å². The van der Waals surface area contributed by atoms with Gasteiger partial charge in [0.15, 0.2) is 0 Å². The summed E-state index contributed by atoms with van der Waals surface area (Å²) in [7, 11) is 0. The largest absolute Gasteiger partial charge is 0.347 e. The Kier molecular flexibility index (Phi) is 11.1. The fraction of sp³-hybridized carbons (Fsp3) is 0.706. The summed E-state index contributed by atoms with van der Waals surface area (Å²) < 4.78 is 0. The van der Waals surface area contributed by atoms with Crippen LogP contribution in [0.2, 0.25) is 0 Å². The van der Waals surface area contributed by atoms with Gasteiger partial charge in [0.2, 0.25) is 23.5 Å². The van der Waals surface area contributed by atoms with E-state index < -0.39 is 70.3 Å². The lowest BCUT2D eigenvalue weighted by atomic mass is 9.82. The molecule has 47 heavy (non-hydrogen) atoms. The Morgan fingerprint density at radius 1 is 0.894 bits per heavy atom. The lowest BCUT2D eigenvalue weighted by Crippen LogP contribution is -2.63. The van der Waals surface area contributed by atoms with Crippen LogP contribution in [0.15, 0.2) is 18.6 Å². The lowest BCUT2D eigenvalue weighted by Gasteiger charge is -2.38. The molecule has 0 spiro atoms. The fourth-order valence-corrected chi connectivity index (χ4v) is 6.66. The molecule has 3 fully saturated rings. The van der Waals surface area contributed by atoms with Gasteiger partial charge in [-0.05, 0) is 54.8 Å². The minimum absolute atomic E-state index is 0.00868. The number of Topliss-reactive ketones (excluding diaryl/α,β-unsaturated/α-hetero) is 1. The number of rotatable bonds is 12. The minimum Gasteiger partial charge on any atom is -0.347 e. The highest BCUT2D eigenvalue weighted by atomic mass is 16.2. The zero-order valence-corrected chi connectivity index (χ0v) is 28.7. The van der Waals surface area contributed by atoms with E-state index in [0.29, 0.717) is 19.4 Å². The van der Waals surface area contributed by atoms with E-state index in [-0.39, 0.29) is 23.6 Å². The van der Waals surface area contributed by atoms with E-state index in [1.54, 1.807) is 4.90 Å². The number of amides is 5. The monoisotopic (exact) mass is 653 g/mol. The van der Waals surface area contributed by atoms with Crippen LogP contribution in [0.25, 0.3) is 0 Å². The highest BCUT2D eigenvalue weighted by molar-refractivity contribution is 6.38. The minimum atomic E-state index is -1.03. The molecule has 13 heteroatoms. The number of ketones is 1. The lowest BCUT2D eigenvalue weighted by molar-refractivity contribution is -0.146. The summed E-state index contributed by atoms with van der Waals surface area (Å²) in [5.74, 6) is -3.34. The van der Waals surface area contributed by atoms with Crippen molar-refractivity contribution in [2.24, 2.45) is 22.7 Å². The topological polar surface area (TPSA) is 180 Å². The number of aromatic nitrogens is 2. The molecule has 4 N–H and O–H groups in total. The first-order valence-corrected chi connectivity index (χ1v) is 16.9. The number of carbonyl (C=O) groups excluding carboxylic acids is 6. The van der Waals surface area contributed by atoms with E-state index in [1.807, 2.05) is 48.5 Å². The Labute approximate surface area is 277 Å². The predicted octanol–water partition coefficient (Wildman–Crippen LogP) is 1.91. The zero-order valence-electron chi connectivity index (χ0n) is 28.7. The third-order valence-corrected chi connectivity index (χ3v) is 9.39. The fourth-order valence-electron chi connectivity index (χ4n) is 6.66. The number of likely N-dealkylation sites (tertiary alicyclic amines) is 1. The van der Waals surface area contributed by atoms with Crippen LogP contribution in [0.1, 0.15) is 104 Å². The van der Waals surface area contributed by atoms with Gasteiger partial charge in [0.05, 0.1) is 12.2 Å². The standard InChI is InChI=1S/C34H51N7O6/c1-8-10-22(25(42)30(45)37-20-13-14-20)38-29(44)24-21-12-9-11-19(21)18-41(24)32(47)27(34(5,6)7)40-31(46)26(33(2,3)4)39-28(43)23-17-35-15-16-36-23/h15-17,19-22,24,26-27H,8-14,18H2,1-7H3,(H,37,45)(H,38,44)(H,39,43)(H,40,46)/t19-,21-,22+,24-,26-,27-/m0/s1. The SMILES string of the molecule is CCC[C@@H](NC(=O)[C@@H]1[C@H]2CCC[C@H]2CN1C(=O)[C@H](NC(=O)[C@H](NC(=O)c1cnccn1)C(C)(C)C)C(C)(C)C)C(=O)C(=O)NC1CC1. The van der Waals surface area contributed by atoms with Crippen molar-refractivity contribution in [2.45, 2.75) is 124 Å². The van der Waals surface area contributed by atoms with Crippen LogP contribution in [0.5, 0.6) is 0 Å². The van der Waals surface area contributed by atoms with Gasteiger partial charge in [0.25, 0.3) is 11.8 Å². The second-order valence-corrected chi connectivity index (χ2v) is 15.4. The molecule has 2 saturated carbocycles. The van der Waals surface area contributed by atoms with Crippen LogP contribution in [0.3, 0.4) is 0 Å². The Morgan fingerprint density at radius 2 is 1.57 bits per heavy atom. The molecule has 3 aliphatic rings. The van der Waals surface area contributed by atoms with Gasteiger partial charge in [-0.2, -0.15) is 0 Å². The van der Waals surface area contributed by atoms with E-state index in [1.165, 1.54) is 18.6 Å². The van der Waals surface area contributed by atoms with E-state index >= 15 is 0 Å². The van der Waals surface area contributed by atoms with Crippen LogP contribution in [-0.2, 0) is 24.0 Å². The maximum absolute atomic E-state index is 14.5. The molecule has 0 bridgehead atoms. The molecule has 1 saturated heterocycles. The second kappa shape index (κ2) is 14.5. The van der Waals surface area contributed by atoms with Crippen molar-refractivity contribution in [2.75, 3.05) is 6.54 Å². The van der Waals surface area contributed by atoms with E-state index in [9.17, 15) is 28.8 Å². The van der Waals surface area contributed by atoms with Gasteiger partial charge in [-0.15, -0.1) is 0 Å². The number of nitrogens with zero attached hydrogens (tertiary/aromatic N) is 3. The number of hydrogen-bond donors (Lipinski definition) is 4. The highest BCUT2D eigenvalue weighted by Crippen LogP contribution is 2.43. The molecule has 2 aliphatic carbocycles. The quantitative estimate of drug-likeness (QED) is 0.247. The Bertz CT molecular complexity index is 1350. The summed E-state index contributed by atoms with van der Waals surface area (Å²) >= 11 is 0. The first-order chi connectivity index (χ1) is 22.0. The zero-order chi connectivity index (χ0) is 34.7. The third kappa shape index (κ3) is 8.72. The van der Waals surface area contributed by atoms with Crippen LogP contribution in [0, 0.1) is 22.7 Å². The van der Waals surface area contributed by atoms with Gasteiger partial charge >= 0.3 is 0 Å². The van der Waals surface area contributed by atoms with E-state index in [4.69, 9.17) is 0 Å². The molecule has 5 amide bonds. The molecule has 13 nitrogen and oxygen atoms in total.